The first-order valence-electron chi connectivity index (χ1n) is 7.32. The van der Waals surface area contributed by atoms with Gasteiger partial charge < -0.3 is 5.32 Å². The molecule has 3 nitrogen and oxygen atoms in total. The summed E-state index contributed by atoms with van der Waals surface area (Å²) in [4.78, 5) is 16.4. The second-order valence-electron chi connectivity index (χ2n) is 4.95. The van der Waals surface area contributed by atoms with Gasteiger partial charge in [0.15, 0.2) is 0 Å². The summed E-state index contributed by atoms with van der Waals surface area (Å²) in [5.41, 5.74) is 3.04. The minimum absolute atomic E-state index is 0.120. The first-order valence-corrected chi connectivity index (χ1v) is 8.20. The van der Waals surface area contributed by atoms with E-state index in [1.54, 1.807) is 23.5 Å². The average Bonchev–Trinajstić information content (AvgIpc) is 3.09. The summed E-state index contributed by atoms with van der Waals surface area (Å²) >= 11 is 1.55. The molecule has 0 saturated heterocycles. The van der Waals surface area contributed by atoms with E-state index < -0.39 is 0 Å². The van der Waals surface area contributed by atoms with Crippen molar-refractivity contribution in [1.82, 2.24) is 10.3 Å². The minimum atomic E-state index is -0.120. The molecule has 4 heteroatoms. The van der Waals surface area contributed by atoms with Gasteiger partial charge >= 0.3 is 0 Å². The summed E-state index contributed by atoms with van der Waals surface area (Å²) in [5.74, 6) is -0.120. The van der Waals surface area contributed by atoms with Gasteiger partial charge in [-0.1, -0.05) is 60.7 Å². The molecular formula is C19H16N2OS. The molecule has 1 heterocycles. The normalized spacial score (nSPS) is 10.8. The van der Waals surface area contributed by atoms with Gasteiger partial charge in [-0.15, -0.1) is 11.3 Å². The van der Waals surface area contributed by atoms with Crippen LogP contribution in [0.3, 0.4) is 0 Å². The number of hydrogen-bond donors (Lipinski definition) is 1. The third-order valence-corrected chi connectivity index (χ3v) is 4.11. The van der Waals surface area contributed by atoms with E-state index in [-0.39, 0.29) is 5.91 Å². The van der Waals surface area contributed by atoms with Crippen molar-refractivity contribution in [3.05, 3.63) is 82.7 Å². The van der Waals surface area contributed by atoms with Gasteiger partial charge in [0, 0.05) is 17.0 Å². The molecule has 0 saturated carbocycles. The van der Waals surface area contributed by atoms with Gasteiger partial charge in [0.05, 0.1) is 12.2 Å². The number of amides is 1. The van der Waals surface area contributed by atoms with E-state index in [0.29, 0.717) is 6.54 Å². The minimum Gasteiger partial charge on any atom is -0.346 e. The maximum atomic E-state index is 11.8. The highest BCUT2D eigenvalue weighted by molar-refractivity contribution is 7.09. The fraction of sp³-hybridized carbons (Fsp3) is 0.0526. The van der Waals surface area contributed by atoms with E-state index in [2.05, 4.69) is 10.3 Å². The zero-order chi connectivity index (χ0) is 15.9. The van der Waals surface area contributed by atoms with Crippen LogP contribution in [0.5, 0.6) is 0 Å². The molecule has 0 aliphatic rings. The standard InChI is InChI=1S/C19H16N2OS/c22-18(12-11-15-7-3-1-4-8-15)20-13-19-21-17(14-23-19)16-9-5-2-6-10-16/h1-12,14H,13H2,(H,20,22)/b12-11+. The monoisotopic (exact) mass is 320 g/mol. The summed E-state index contributed by atoms with van der Waals surface area (Å²) in [7, 11) is 0. The molecule has 0 aliphatic carbocycles. The molecule has 2 aromatic carbocycles. The van der Waals surface area contributed by atoms with Crippen molar-refractivity contribution < 1.29 is 4.79 Å². The number of carbonyl (C=O) groups excluding carboxylic acids is 1. The van der Waals surface area contributed by atoms with Crippen molar-refractivity contribution in [3.63, 3.8) is 0 Å². The summed E-state index contributed by atoms with van der Waals surface area (Å²) < 4.78 is 0. The Morgan fingerprint density at radius 3 is 2.48 bits per heavy atom. The lowest BCUT2D eigenvalue weighted by Crippen LogP contribution is -2.20. The Labute approximate surface area is 139 Å². The van der Waals surface area contributed by atoms with Crippen molar-refractivity contribution in [2.24, 2.45) is 0 Å². The summed E-state index contributed by atoms with van der Waals surface area (Å²) in [6.07, 6.45) is 3.34. The summed E-state index contributed by atoms with van der Waals surface area (Å²) in [5, 5.41) is 5.76. The Kier molecular flexibility index (Phi) is 4.96. The fourth-order valence-corrected chi connectivity index (χ4v) is 2.83. The maximum absolute atomic E-state index is 11.8. The number of nitrogens with zero attached hydrogens (tertiary/aromatic N) is 1. The van der Waals surface area contributed by atoms with Gasteiger partial charge in [0.2, 0.25) is 5.91 Å². The summed E-state index contributed by atoms with van der Waals surface area (Å²) in [6, 6.07) is 19.8. The maximum Gasteiger partial charge on any atom is 0.244 e. The molecular weight excluding hydrogens is 304 g/mol. The Morgan fingerprint density at radius 2 is 1.74 bits per heavy atom. The smallest absolute Gasteiger partial charge is 0.244 e. The second kappa shape index (κ2) is 7.51. The van der Waals surface area contributed by atoms with Crippen LogP contribution < -0.4 is 5.32 Å². The highest BCUT2D eigenvalue weighted by Gasteiger charge is 2.04. The number of thiazole rings is 1. The molecule has 1 aromatic heterocycles. The van der Waals surface area contributed by atoms with Crippen LogP contribution in [0, 0.1) is 0 Å². The van der Waals surface area contributed by atoms with Crippen molar-refractivity contribution in [3.8, 4) is 11.3 Å². The molecule has 3 rings (SSSR count). The molecule has 0 aliphatic heterocycles. The molecule has 1 N–H and O–H groups in total. The number of benzene rings is 2. The van der Waals surface area contributed by atoms with Gasteiger partial charge in [-0.2, -0.15) is 0 Å². The number of rotatable bonds is 5. The first kappa shape index (κ1) is 15.2. The van der Waals surface area contributed by atoms with Gasteiger partial charge in [-0.3, -0.25) is 4.79 Å². The quantitative estimate of drug-likeness (QED) is 0.718. The summed E-state index contributed by atoms with van der Waals surface area (Å²) in [6.45, 7) is 0.440. The highest BCUT2D eigenvalue weighted by atomic mass is 32.1. The van der Waals surface area contributed by atoms with Crippen LogP contribution in [0.15, 0.2) is 72.1 Å². The Morgan fingerprint density at radius 1 is 1.04 bits per heavy atom. The van der Waals surface area contributed by atoms with Crippen LogP contribution in [-0.2, 0) is 11.3 Å². The molecule has 0 unspecified atom stereocenters. The van der Waals surface area contributed by atoms with Crippen LogP contribution in [0.4, 0.5) is 0 Å². The van der Waals surface area contributed by atoms with Crippen LogP contribution in [0.2, 0.25) is 0 Å². The molecule has 23 heavy (non-hydrogen) atoms. The predicted octanol–water partition coefficient (Wildman–Crippen LogP) is 4.14. The lowest BCUT2D eigenvalue weighted by molar-refractivity contribution is -0.116. The third kappa shape index (κ3) is 4.37. The van der Waals surface area contributed by atoms with Crippen molar-refractivity contribution in [2.75, 3.05) is 0 Å². The Balaban J connectivity index is 1.55. The Hall–Kier alpha value is -2.72. The molecule has 0 atom stereocenters. The number of aromatic nitrogens is 1. The van der Waals surface area contributed by atoms with Crippen molar-refractivity contribution in [2.45, 2.75) is 6.54 Å². The van der Waals surface area contributed by atoms with E-state index in [0.717, 1.165) is 21.8 Å². The largest absolute Gasteiger partial charge is 0.346 e. The van der Waals surface area contributed by atoms with Crippen molar-refractivity contribution >= 4 is 23.3 Å². The van der Waals surface area contributed by atoms with E-state index in [1.807, 2.05) is 66.0 Å². The molecule has 114 valence electrons. The van der Waals surface area contributed by atoms with E-state index in [9.17, 15) is 4.79 Å². The van der Waals surface area contributed by atoms with Crippen LogP contribution in [0.25, 0.3) is 17.3 Å². The topological polar surface area (TPSA) is 42.0 Å². The van der Waals surface area contributed by atoms with E-state index in [4.69, 9.17) is 0 Å². The SMILES string of the molecule is O=C(/C=C/c1ccccc1)NCc1nc(-c2ccccc2)cs1. The van der Waals surface area contributed by atoms with E-state index in [1.165, 1.54) is 0 Å². The fourth-order valence-electron chi connectivity index (χ4n) is 2.09. The lowest BCUT2D eigenvalue weighted by Gasteiger charge is -1.99. The molecule has 1 amide bonds. The van der Waals surface area contributed by atoms with Gasteiger partial charge in [-0.05, 0) is 11.6 Å². The predicted molar refractivity (Wildman–Crippen MR) is 94.9 cm³/mol. The lowest BCUT2D eigenvalue weighted by atomic mass is 10.2. The van der Waals surface area contributed by atoms with E-state index >= 15 is 0 Å². The third-order valence-electron chi connectivity index (χ3n) is 3.26. The number of carbonyl (C=O) groups is 1. The van der Waals surface area contributed by atoms with Crippen LogP contribution in [-0.4, -0.2) is 10.9 Å². The first-order chi connectivity index (χ1) is 11.3. The van der Waals surface area contributed by atoms with Crippen molar-refractivity contribution in [1.29, 1.82) is 0 Å². The second-order valence-corrected chi connectivity index (χ2v) is 5.90. The highest BCUT2D eigenvalue weighted by Crippen LogP contribution is 2.21. The number of hydrogen-bond acceptors (Lipinski definition) is 3. The average molecular weight is 320 g/mol. The molecule has 0 fully saturated rings. The number of nitrogens with one attached hydrogen (secondary N) is 1. The van der Waals surface area contributed by atoms with Crippen LogP contribution >= 0.6 is 11.3 Å². The van der Waals surface area contributed by atoms with Crippen LogP contribution in [0.1, 0.15) is 10.6 Å². The Bertz CT molecular complexity index is 795. The van der Waals surface area contributed by atoms with Gasteiger partial charge in [-0.25, -0.2) is 4.98 Å². The van der Waals surface area contributed by atoms with Gasteiger partial charge in [0.1, 0.15) is 5.01 Å². The van der Waals surface area contributed by atoms with Gasteiger partial charge in [0.25, 0.3) is 0 Å². The zero-order valence-electron chi connectivity index (χ0n) is 12.5. The molecule has 3 aromatic rings. The molecule has 0 spiro atoms. The zero-order valence-corrected chi connectivity index (χ0v) is 13.3. The molecule has 0 bridgehead atoms. The molecule has 0 radical (unpaired) electrons.